The predicted molar refractivity (Wildman–Crippen MR) is 172 cm³/mol. The van der Waals surface area contributed by atoms with Gasteiger partial charge in [0.05, 0.1) is 0 Å². The standard InChI is InChI=1S/2C15H11.C4H9.3CH3.CH2.Hf/c2*1-2-6-12(7-3-1)14-10-4-8-13-9-5-11-15(13)14;1-4(2)3;;;;;/h2*1-11H;4H,1H2,2-3H3;3*1H3;1H2;. The zero-order valence-corrected chi connectivity index (χ0v) is 27.8. The molecule has 1 heteroatoms. The van der Waals surface area contributed by atoms with Crippen LogP contribution < -0.4 is 0 Å². The van der Waals surface area contributed by atoms with Gasteiger partial charge in [0.25, 0.3) is 0 Å². The Morgan fingerprint density at radius 1 is 0.590 bits per heavy atom. The molecule has 0 heterocycles. The molecule has 0 amide bonds. The second-order valence-corrected chi connectivity index (χ2v) is 69.5. The first kappa shape index (κ1) is 26.3. The molecule has 198 valence electrons. The van der Waals surface area contributed by atoms with Crippen LogP contribution in [0.4, 0.5) is 0 Å². The summed E-state index contributed by atoms with van der Waals surface area (Å²) >= 11 is -5.17. The van der Waals surface area contributed by atoms with Crippen LogP contribution in [0.3, 0.4) is 0 Å². The van der Waals surface area contributed by atoms with E-state index in [9.17, 15) is 0 Å². The van der Waals surface area contributed by atoms with E-state index in [1.165, 1.54) is 44.5 Å². The molecule has 0 fully saturated rings. The van der Waals surface area contributed by atoms with E-state index in [1.54, 1.807) is 0 Å². The fourth-order valence-corrected chi connectivity index (χ4v) is 47.4. The van der Waals surface area contributed by atoms with Gasteiger partial charge in [-0.1, -0.05) is 0 Å². The minimum absolute atomic E-state index is 0.302. The summed E-state index contributed by atoms with van der Waals surface area (Å²) in [7, 11) is 0. The van der Waals surface area contributed by atoms with Gasteiger partial charge >= 0.3 is 231 Å². The quantitative estimate of drug-likeness (QED) is 0.178. The van der Waals surface area contributed by atoms with Crippen LogP contribution in [0.15, 0.2) is 109 Å². The van der Waals surface area contributed by atoms with E-state index in [4.69, 9.17) is 4.26 Å². The molecule has 0 radical (unpaired) electrons. The fourth-order valence-electron chi connectivity index (χ4n) is 9.36. The summed E-state index contributed by atoms with van der Waals surface area (Å²) in [5, 5.41) is 0. The number of fused-ring (bicyclic) bond motifs is 2. The molecule has 0 saturated carbocycles. The van der Waals surface area contributed by atoms with Crippen molar-refractivity contribution in [1.82, 2.24) is 0 Å². The second kappa shape index (κ2) is 7.85. The number of rotatable bonds is 6. The van der Waals surface area contributed by atoms with Crippen molar-refractivity contribution in [3.63, 3.8) is 0 Å². The molecule has 2 aliphatic carbocycles. The third-order valence-corrected chi connectivity index (χ3v) is 46.5. The van der Waals surface area contributed by atoms with Gasteiger partial charge in [0.15, 0.2) is 0 Å². The average Bonchev–Trinajstić information content (AvgIpc) is 3.55. The first-order valence-electron chi connectivity index (χ1n) is 14.6. The van der Waals surface area contributed by atoms with Gasteiger partial charge in [-0.25, -0.2) is 0 Å². The molecule has 0 nitrogen and oxygen atoms in total. The summed E-state index contributed by atoms with van der Waals surface area (Å²) in [6, 6.07) is 35.6. The molecule has 2 atom stereocenters. The maximum atomic E-state index is 5.67. The average molecular weight is 677 g/mol. The summed E-state index contributed by atoms with van der Waals surface area (Å²) in [6.45, 7) is 4.80. The Kier molecular flexibility index (Phi) is 5.30. The molecular formula is C38H42Hf. The van der Waals surface area contributed by atoms with E-state index in [2.05, 4.69) is 149 Å². The maximum absolute atomic E-state index is 5.67. The van der Waals surface area contributed by atoms with Crippen molar-refractivity contribution in [3.8, 4) is 22.3 Å². The molecule has 0 saturated heterocycles. The Bertz CT molecular complexity index is 1660. The van der Waals surface area contributed by atoms with Gasteiger partial charge in [-0.2, -0.15) is 0 Å². The van der Waals surface area contributed by atoms with Gasteiger partial charge in [0.1, 0.15) is 0 Å². The van der Waals surface area contributed by atoms with Crippen LogP contribution in [-0.2, 0) is 15.1 Å². The molecule has 0 bridgehead atoms. The number of hydrogen-bond acceptors (Lipinski definition) is 0. The van der Waals surface area contributed by atoms with Crippen LogP contribution in [0.1, 0.15) is 43.5 Å². The Morgan fingerprint density at radius 3 is 1.38 bits per heavy atom. The fraction of sp³-hybridized carbons (Fsp3) is 0.237. The topological polar surface area (TPSA) is 0 Å². The van der Waals surface area contributed by atoms with Crippen LogP contribution in [0.2, 0.25) is 18.2 Å². The second-order valence-electron chi connectivity index (χ2n) is 16.2. The Labute approximate surface area is 229 Å². The van der Waals surface area contributed by atoms with Crippen LogP contribution in [0.25, 0.3) is 34.4 Å². The zero-order valence-electron chi connectivity index (χ0n) is 24.2. The molecule has 2 unspecified atom stereocenters. The zero-order chi connectivity index (χ0) is 27.6. The first-order valence-corrected chi connectivity index (χ1v) is 34.7. The number of allylic oxidation sites excluding steroid dienone is 2. The summed E-state index contributed by atoms with van der Waals surface area (Å²) in [5.74, 6) is 0.539. The summed E-state index contributed by atoms with van der Waals surface area (Å²) < 4.78 is 15.5. The van der Waals surface area contributed by atoms with E-state index in [0.29, 0.717) is 13.3 Å². The third-order valence-electron chi connectivity index (χ3n) is 10.5. The predicted octanol–water partition coefficient (Wildman–Crippen LogP) is 11.3. The van der Waals surface area contributed by atoms with Crippen molar-refractivity contribution in [2.24, 2.45) is 5.92 Å². The first-order chi connectivity index (χ1) is 18.3. The summed E-state index contributed by atoms with van der Waals surface area (Å²) in [5.41, 5.74) is 10.9. The normalized spacial score (nSPS) is 20.6. The van der Waals surface area contributed by atoms with Crippen molar-refractivity contribution in [2.45, 2.75) is 39.4 Å². The SMILES string of the molecule is [CH2]=[Hf]([CH3])([CH3])([CH3])([CH2]C(C)C)([CH]1C=Cc2c(-c3ccccc3)cccc21)[CH]1C=Cc2c(-c3ccccc3)cccc21. The van der Waals surface area contributed by atoms with Crippen molar-refractivity contribution in [3.05, 3.63) is 131 Å². The number of benzene rings is 4. The molecule has 4 aromatic carbocycles. The third kappa shape index (κ3) is 3.92. The van der Waals surface area contributed by atoms with E-state index in [1.807, 2.05) is 0 Å². The van der Waals surface area contributed by atoms with E-state index in [0.717, 1.165) is 4.18 Å². The van der Waals surface area contributed by atoms with Gasteiger partial charge < -0.3 is 0 Å². The van der Waals surface area contributed by atoms with Crippen LogP contribution in [-0.4, -0.2) is 4.26 Å². The molecule has 2 aliphatic rings. The monoisotopic (exact) mass is 678 g/mol. The van der Waals surface area contributed by atoms with Gasteiger partial charge in [-0.15, -0.1) is 0 Å². The van der Waals surface area contributed by atoms with Gasteiger partial charge in [-0.3, -0.25) is 0 Å². The minimum atomic E-state index is -5.17. The van der Waals surface area contributed by atoms with Gasteiger partial charge in [0, 0.05) is 0 Å². The van der Waals surface area contributed by atoms with E-state index >= 15 is 0 Å². The Balaban J connectivity index is 1.60. The molecule has 0 N–H and O–H groups in total. The van der Waals surface area contributed by atoms with Gasteiger partial charge in [0.2, 0.25) is 0 Å². The van der Waals surface area contributed by atoms with Crippen molar-refractivity contribution in [1.29, 1.82) is 0 Å². The van der Waals surface area contributed by atoms with Crippen molar-refractivity contribution < 1.29 is 15.1 Å². The molecule has 39 heavy (non-hydrogen) atoms. The summed E-state index contributed by atoms with van der Waals surface area (Å²) in [6.07, 6.45) is 9.92. The van der Waals surface area contributed by atoms with Crippen LogP contribution in [0.5, 0.6) is 0 Å². The van der Waals surface area contributed by atoms with Crippen molar-refractivity contribution in [2.75, 3.05) is 0 Å². The molecule has 0 aromatic heterocycles. The van der Waals surface area contributed by atoms with E-state index < -0.39 is 15.1 Å². The molecular weight excluding hydrogens is 635 g/mol. The van der Waals surface area contributed by atoms with Gasteiger partial charge in [-0.05, 0) is 0 Å². The molecule has 0 spiro atoms. The molecule has 4 aromatic rings. The van der Waals surface area contributed by atoms with Crippen molar-refractivity contribution >= 4 is 16.4 Å². The molecule has 6 rings (SSSR count). The number of hydrogen-bond donors (Lipinski definition) is 0. The van der Waals surface area contributed by atoms with Crippen LogP contribution >= 0.6 is 0 Å². The summed E-state index contributed by atoms with van der Waals surface area (Å²) in [4.78, 5) is 0. The van der Waals surface area contributed by atoms with Crippen LogP contribution in [0, 0.1) is 5.92 Å². The Morgan fingerprint density at radius 2 is 1.00 bits per heavy atom. The van der Waals surface area contributed by atoms with E-state index in [-0.39, 0.29) is 0 Å². The molecule has 0 aliphatic heterocycles. The Hall–Kier alpha value is -2.90.